The summed E-state index contributed by atoms with van der Waals surface area (Å²) in [5.41, 5.74) is 4.36. The van der Waals surface area contributed by atoms with Gasteiger partial charge in [0.2, 0.25) is 0 Å². The Kier molecular flexibility index (Phi) is 5.62. The van der Waals surface area contributed by atoms with Crippen molar-refractivity contribution in [1.82, 2.24) is 5.32 Å². The molecule has 2 aromatic rings. The maximum absolute atomic E-state index is 12.3. The van der Waals surface area contributed by atoms with Gasteiger partial charge in [0, 0.05) is 17.7 Å². The Hall–Kier alpha value is -2.17. The highest BCUT2D eigenvalue weighted by molar-refractivity contribution is 5.94. The molecule has 0 radical (unpaired) electrons. The van der Waals surface area contributed by atoms with E-state index in [0.717, 1.165) is 38.4 Å². The zero-order valence-corrected chi connectivity index (χ0v) is 14.2. The highest BCUT2D eigenvalue weighted by Gasteiger charge is 2.16. The van der Waals surface area contributed by atoms with E-state index in [4.69, 9.17) is 4.74 Å². The van der Waals surface area contributed by atoms with Crippen LogP contribution in [0.1, 0.15) is 27.0 Å². The zero-order chi connectivity index (χ0) is 16.8. The van der Waals surface area contributed by atoms with E-state index in [1.165, 1.54) is 11.1 Å². The van der Waals surface area contributed by atoms with Crippen LogP contribution in [0.4, 0.5) is 0 Å². The van der Waals surface area contributed by atoms with Crippen molar-refractivity contribution in [3.8, 4) is 0 Å². The number of amides is 1. The lowest BCUT2D eigenvalue weighted by atomic mass is 10.1. The van der Waals surface area contributed by atoms with E-state index in [9.17, 15) is 4.79 Å². The molecule has 1 aliphatic rings. The number of ether oxygens (including phenoxy) is 1. The second kappa shape index (κ2) is 8.08. The van der Waals surface area contributed by atoms with Crippen LogP contribution < -0.4 is 10.2 Å². The molecule has 4 nitrogen and oxygen atoms in total. The van der Waals surface area contributed by atoms with Gasteiger partial charge in [-0.15, -0.1) is 0 Å². The van der Waals surface area contributed by atoms with Crippen molar-refractivity contribution >= 4 is 5.91 Å². The number of hydrogen-bond acceptors (Lipinski definition) is 2. The van der Waals surface area contributed by atoms with Crippen LogP contribution in [0.5, 0.6) is 0 Å². The number of morpholine rings is 1. The van der Waals surface area contributed by atoms with Gasteiger partial charge in [-0.05, 0) is 24.6 Å². The Morgan fingerprint density at radius 3 is 2.42 bits per heavy atom. The topological polar surface area (TPSA) is 42.8 Å². The summed E-state index contributed by atoms with van der Waals surface area (Å²) in [7, 11) is 0. The molecule has 4 heteroatoms. The van der Waals surface area contributed by atoms with Crippen LogP contribution in [0, 0.1) is 6.92 Å². The molecule has 1 aliphatic heterocycles. The second-order valence-electron chi connectivity index (χ2n) is 6.36. The van der Waals surface area contributed by atoms with Crippen LogP contribution >= 0.6 is 0 Å². The summed E-state index contributed by atoms with van der Waals surface area (Å²) in [6, 6.07) is 16.0. The Morgan fingerprint density at radius 1 is 1.04 bits per heavy atom. The van der Waals surface area contributed by atoms with Crippen LogP contribution in [0.15, 0.2) is 48.5 Å². The Labute approximate surface area is 143 Å². The molecule has 2 N–H and O–H groups in total. The molecule has 3 rings (SSSR count). The monoisotopic (exact) mass is 325 g/mol. The van der Waals surface area contributed by atoms with Gasteiger partial charge in [0.25, 0.3) is 5.91 Å². The van der Waals surface area contributed by atoms with E-state index < -0.39 is 0 Å². The van der Waals surface area contributed by atoms with Gasteiger partial charge in [-0.1, -0.05) is 42.0 Å². The number of rotatable bonds is 5. The molecule has 0 atom stereocenters. The first-order chi connectivity index (χ1) is 11.7. The quantitative estimate of drug-likeness (QED) is 0.871. The SMILES string of the molecule is Cc1ccc(C(=O)NCc2ccccc2C[NH+]2CCOCC2)cc1. The van der Waals surface area contributed by atoms with Crippen molar-refractivity contribution < 1.29 is 14.4 Å². The molecule has 0 spiro atoms. The number of hydrogen-bond donors (Lipinski definition) is 2. The Morgan fingerprint density at radius 2 is 1.71 bits per heavy atom. The van der Waals surface area contributed by atoms with E-state index in [1.54, 1.807) is 4.90 Å². The van der Waals surface area contributed by atoms with Gasteiger partial charge in [-0.2, -0.15) is 0 Å². The van der Waals surface area contributed by atoms with Crippen LogP contribution in [-0.2, 0) is 17.8 Å². The lowest BCUT2D eigenvalue weighted by Crippen LogP contribution is -3.12. The standard InChI is InChI=1S/C20H24N2O2/c1-16-6-8-17(9-7-16)20(23)21-14-18-4-2-3-5-19(18)15-22-10-12-24-13-11-22/h2-9H,10-15H2,1H3,(H,21,23)/p+1. The first kappa shape index (κ1) is 16.7. The third kappa shape index (κ3) is 4.43. The maximum Gasteiger partial charge on any atom is 0.251 e. The van der Waals surface area contributed by atoms with E-state index in [-0.39, 0.29) is 5.91 Å². The molecule has 2 aromatic carbocycles. The minimum absolute atomic E-state index is 0.0245. The normalized spacial score (nSPS) is 15.2. The number of carbonyl (C=O) groups excluding carboxylic acids is 1. The van der Waals surface area contributed by atoms with Gasteiger partial charge in [0.1, 0.15) is 19.6 Å². The Balaban J connectivity index is 1.62. The summed E-state index contributed by atoms with van der Waals surface area (Å²) in [6.07, 6.45) is 0. The van der Waals surface area contributed by atoms with Gasteiger partial charge in [0.05, 0.1) is 13.2 Å². The maximum atomic E-state index is 12.3. The third-order valence-electron chi connectivity index (χ3n) is 4.51. The van der Waals surface area contributed by atoms with Crippen molar-refractivity contribution in [2.24, 2.45) is 0 Å². The fourth-order valence-corrected chi connectivity index (χ4v) is 2.99. The van der Waals surface area contributed by atoms with Crippen LogP contribution in [-0.4, -0.2) is 32.2 Å². The second-order valence-corrected chi connectivity index (χ2v) is 6.36. The molecule has 0 aliphatic carbocycles. The Bertz CT molecular complexity index is 676. The summed E-state index contributed by atoms with van der Waals surface area (Å²) < 4.78 is 5.43. The number of quaternary nitrogens is 1. The van der Waals surface area contributed by atoms with Gasteiger partial charge >= 0.3 is 0 Å². The molecular formula is C20H25N2O2+. The van der Waals surface area contributed by atoms with Crippen molar-refractivity contribution in [1.29, 1.82) is 0 Å². The molecule has 1 fully saturated rings. The van der Waals surface area contributed by atoms with Crippen molar-refractivity contribution in [3.63, 3.8) is 0 Å². The third-order valence-corrected chi connectivity index (χ3v) is 4.51. The highest BCUT2D eigenvalue weighted by atomic mass is 16.5. The van der Waals surface area contributed by atoms with Gasteiger partial charge in [-0.3, -0.25) is 4.79 Å². The number of benzene rings is 2. The molecule has 0 saturated carbocycles. The fraction of sp³-hybridized carbons (Fsp3) is 0.350. The van der Waals surface area contributed by atoms with E-state index >= 15 is 0 Å². The summed E-state index contributed by atoms with van der Waals surface area (Å²) in [6.45, 7) is 7.33. The minimum Gasteiger partial charge on any atom is -0.370 e. The molecular weight excluding hydrogens is 300 g/mol. The fourth-order valence-electron chi connectivity index (χ4n) is 2.99. The first-order valence-electron chi connectivity index (χ1n) is 8.55. The molecule has 1 amide bonds. The lowest BCUT2D eigenvalue weighted by molar-refractivity contribution is -0.921. The highest BCUT2D eigenvalue weighted by Crippen LogP contribution is 2.09. The van der Waals surface area contributed by atoms with E-state index in [2.05, 4.69) is 23.5 Å². The molecule has 1 heterocycles. The molecule has 0 aromatic heterocycles. The summed E-state index contributed by atoms with van der Waals surface area (Å²) in [5.74, 6) is -0.0245. The number of nitrogens with one attached hydrogen (secondary N) is 2. The largest absolute Gasteiger partial charge is 0.370 e. The predicted octanol–water partition coefficient (Wildman–Crippen LogP) is 1.34. The minimum atomic E-state index is -0.0245. The van der Waals surface area contributed by atoms with Crippen LogP contribution in [0.25, 0.3) is 0 Å². The summed E-state index contributed by atoms with van der Waals surface area (Å²) in [4.78, 5) is 13.8. The predicted molar refractivity (Wildman–Crippen MR) is 94.0 cm³/mol. The average Bonchev–Trinajstić information content (AvgIpc) is 2.62. The van der Waals surface area contributed by atoms with E-state index in [0.29, 0.717) is 12.1 Å². The first-order valence-corrected chi connectivity index (χ1v) is 8.55. The molecule has 1 saturated heterocycles. The number of carbonyl (C=O) groups is 1. The van der Waals surface area contributed by atoms with Crippen molar-refractivity contribution in [3.05, 3.63) is 70.8 Å². The smallest absolute Gasteiger partial charge is 0.251 e. The molecule has 126 valence electrons. The van der Waals surface area contributed by atoms with Crippen molar-refractivity contribution in [2.45, 2.75) is 20.0 Å². The zero-order valence-electron chi connectivity index (χ0n) is 14.2. The van der Waals surface area contributed by atoms with Gasteiger partial charge < -0.3 is 15.0 Å². The van der Waals surface area contributed by atoms with Gasteiger partial charge in [0.15, 0.2) is 0 Å². The van der Waals surface area contributed by atoms with Crippen molar-refractivity contribution in [2.75, 3.05) is 26.3 Å². The van der Waals surface area contributed by atoms with Gasteiger partial charge in [-0.25, -0.2) is 0 Å². The summed E-state index contributed by atoms with van der Waals surface area (Å²) in [5, 5.41) is 3.04. The number of aryl methyl sites for hydroxylation is 1. The lowest BCUT2D eigenvalue weighted by Gasteiger charge is -2.24. The van der Waals surface area contributed by atoms with Crippen LogP contribution in [0.3, 0.4) is 0 Å². The molecule has 24 heavy (non-hydrogen) atoms. The van der Waals surface area contributed by atoms with Crippen LogP contribution in [0.2, 0.25) is 0 Å². The summed E-state index contributed by atoms with van der Waals surface area (Å²) >= 11 is 0. The molecule has 0 bridgehead atoms. The van der Waals surface area contributed by atoms with E-state index in [1.807, 2.05) is 37.3 Å². The average molecular weight is 325 g/mol. The molecule has 0 unspecified atom stereocenters.